The van der Waals surface area contributed by atoms with Crippen molar-refractivity contribution < 1.29 is 17.9 Å². The molecule has 1 heterocycles. The zero-order chi connectivity index (χ0) is 9.90. The fraction of sp³-hybridized carbons (Fsp3) is 1.00. The molecule has 0 spiro atoms. The molecule has 1 saturated heterocycles. The van der Waals surface area contributed by atoms with Crippen molar-refractivity contribution in [3.63, 3.8) is 0 Å². The second-order valence-electron chi connectivity index (χ2n) is 3.39. The molecule has 0 bridgehead atoms. The molecule has 13 heavy (non-hydrogen) atoms. The van der Waals surface area contributed by atoms with Crippen LogP contribution in [0.3, 0.4) is 0 Å². The van der Waals surface area contributed by atoms with Crippen molar-refractivity contribution in [2.75, 3.05) is 13.1 Å². The predicted octanol–water partition coefficient (Wildman–Crippen LogP) is 1.71. The predicted molar refractivity (Wildman–Crippen MR) is 42.5 cm³/mol. The molecule has 0 amide bonds. The van der Waals surface area contributed by atoms with E-state index in [0.717, 1.165) is 12.8 Å². The average Bonchev–Trinajstić information content (AvgIpc) is 2.33. The smallest absolute Gasteiger partial charge is 0.374 e. The van der Waals surface area contributed by atoms with Gasteiger partial charge < -0.3 is 10.1 Å². The van der Waals surface area contributed by atoms with Crippen molar-refractivity contribution in [3.05, 3.63) is 0 Å². The average molecular weight is 197 g/mol. The first-order valence-electron chi connectivity index (χ1n) is 4.40. The molecule has 1 aliphatic rings. The SMILES string of the molecule is CC1CCC(CNCC(F)(F)F)O1. The molecule has 1 rings (SSSR count). The third-order valence-electron chi connectivity index (χ3n) is 2.02. The highest BCUT2D eigenvalue weighted by atomic mass is 19.4. The molecule has 1 fully saturated rings. The lowest BCUT2D eigenvalue weighted by Gasteiger charge is -2.13. The first-order valence-corrected chi connectivity index (χ1v) is 4.40. The van der Waals surface area contributed by atoms with Crippen LogP contribution in [0.25, 0.3) is 0 Å². The van der Waals surface area contributed by atoms with Gasteiger partial charge in [0.25, 0.3) is 0 Å². The fourth-order valence-electron chi connectivity index (χ4n) is 1.41. The maximum atomic E-state index is 11.7. The van der Waals surface area contributed by atoms with Crippen LogP contribution in [0.1, 0.15) is 19.8 Å². The van der Waals surface area contributed by atoms with E-state index >= 15 is 0 Å². The minimum Gasteiger partial charge on any atom is -0.374 e. The van der Waals surface area contributed by atoms with Gasteiger partial charge in [0.2, 0.25) is 0 Å². The van der Waals surface area contributed by atoms with Crippen molar-refractivity contribution in [2.45, 2.75) is 38.1 Å². The fourth-order valence-corrected chi connectivity index (χ4v) is 1.41. The zero-order valence-corrected chi connectivity index (χ0v) is 7.53. The van der Waals surface area contributed by atoms with Gasteiger partial charge in [-0.25, -0.2) is 0 Å². The van der Waals surface area contributed by atoms with E-state index in [2.05, 4.69) is 5.32 Å². The second kappa shape index (κ2) is 4.28. The van der Waals surface area contributed by atoms with Crippen LogP contribution in [0.2, 0.25) is 0 Å². The van der Waals surface area contributed by atoms with Crippen LogP contribution in [-0.4, -0.2) is 31.5 Å². The molecule has 0 aliphatic carbocycles. The van der Waals surface area contributed by atoms with Crippen LogP contribution < -0.4 is 5.32 Å². The Bertz CT molecular complexity index is 160. The first kappa shape index (κ1) is 10.8. The normalized spacial score (nSPS) is 29.5. The van der Waals surface area contributed by atoms with Crippen LogP contribution in [0.4, 0.5) is 13.2 Å². The lowest BCUT2D eigenvalue weighted by atomic mass is 10.2. The molecule has 1 aliphatic heterocycles. The number of halogens is 3. The first-order chi connectivity index (χ1) is 5.97. The van der Waals surface area contributed by atoms with Gasteiger partial charge >= 0.3 is 6.18 Å². The molecular weight excluding hydrogens is 183 g/mol. The number of hydrogen-bond acceptors (Lipinski definition) is 2. The summed E-state index contributed by atoms with van der Waals surface area (Å²) in [5.74, 6) is 0. The monoisotopic (exact) mass is 197 g/mol. The van der Waals surface area contributed by atoms with Crippen LogP contribution in [0.15, 0.2) is 0 Å². The van der Waals surface area contributed by atoms with Crippen LogP contribution >= 0.6 is 0 Å². The van der Waals surface area contributed by atoms with Crippen LogP contribution in [0.5, 0.6) is 0 Å². The maximum absolute atomic E-state index is 11.7. The topological polar surface area (TPSA) is 21.3 Å². The molecule has 2 atom stereocenters. The summed E-state index contributed by atoms with van der Waals surface area (Å²) in [5.41, 5.74) is 0. The van der Waals surface area contributed by atoms with Gasteiger partial charge in [0.1, 0.15) is 0 Å². The minimum absolute atomic E-state index is 0.0441. The van der Waals surface area contributed by atoms with E-state index < -0.39 is 12.7 Å². The summed E-state index contributed by atoms with van der Waals surface area (Å²) >= 11 is 0. The van der Waals surface area contributed by atoms with E-state index in [4.69, 9.17) is 4.74 Å². The van der Waals surface area contributed by atoms with Crippen molar-refractivity contribution in [2.24, 2.45) is 0 Å². The summed E-state index contributed by atoms with van der Waals surface area (Å²) in [6.45, 7) is 1.30. The van der Waals surface area contributed by atoms with Crippen molar-refractivity contribution in [3.8, 4) is 0 Å². The summed E-state index contributed by atoms with van der Waals surface area (Å²) < 4.78 is 40.5. The molecule has 2 nitrogen and oxygen atoms in total. The van der Waals surface area contributed by atoms with Gasteiger partial charge in [-0.2, -0.15) is 13.2 Å². The molecule has 5 heteroatoms. The molecule has 1 N–H and O–H groups in total. The van der Waals surface area contributed by atoms with E-state index in [9.17, 15) is 13.2 Å². The molecule has 2 unspecified atom stereocenters. The summed E-state index contributed by atoms with van der Waals surface area (Å²) in [7, 11) is 0. The third-order valence-corrected chi connectivity index (χ3v) is 2.02. The van der Waals surface area contributed by atoms with Crippen molar-refractivity contribution in [1.82, 2.24) is 5.32 Å². The Morgan fingerprint density at radius 2 is 2.08 bits per heavy atom. The maximum Gasteiger partial charge on any atom is 0.401 e. The molecule has 0 aromatic rings. The number of hydrogen-bond donors (Lipinski definition) is 1. The third kappa shape index (κ3) is 4.47. The van der Waals surface area contributed by atoms with Crippen LogP contribution in [0, 0.1) is 0 Å². The van der Waals surface area contributed by atoms with Gasteiger partial charge in [0.05, 0.1) is 18.8 Å². The molecule has 0 aromatic heterocycles. The number of ether oxygens (including phenoxy) is 1. The van der Waals surface area contributed by atoms with E-state index in [1.54, 1.807) is 0 Å². The summed E-state index contributed by atoms with van der Waals surface area (Å²) in [4.78, 5) is 0. The number of nitrogens with one attached hydrogen (secondary N) is 1. The quantitative estimate of drug-likeness (QED) is 0.743. The Labute approximate surface area is 75.4 Å². The van der Waals surface area contributed by atoms with Crippen LogP contribution in [-0.2, 0) is 4.74 Å². The summed E-state index contributed by atoms with van der Waals surface area (Å²) in [6, 6.07) is 0. The minimum atomic E-state index is -4.12. The molecule has 0 saturated carbocycles. The highest BCUT2D eigenvalue weighted by Crippen LogP contribution is 2.18. The summed E-state index contributed by atoms with van der Waals surface area (Å²) in [6.07, 6.45) is -2.18. The Hall–Kier alpha value is -0.290. The number of alkyl halides is 3. The van der Waals surface area contributed by atoms with Gasteiger partial charge in [-0.05, 0) is 19.8 Å². The lowest BCUT2D eigenvalue weighted by molar-refractivity contribution is -0.125. The molecular formula is C8H14F3NO. The summed E-state index contributed by atoms with van der Waals surface area (Å²) in [5, 5.41) is 2.34. The van der Waals surface area contributed by atoms with E-state index in [0.29, 0.717) is 6.54 Å². The highest BCUT2D eigenvalue weighted by Gasteiger charge is 2.28. The Morgan fingerprint density at radius 3 is 2.54 bits per heavy atom. The Balaban J connectivity index is 2.07. The standard InChI is InChI=1S/C8H14F3NO/c1-6-2-3-7(13-6)4-12-5-8(9,10)11/h6-7,12H,2-5H2,1H3. The van der Waals surface area contributed by atoms with Gasteiger partial charge in [-0.15, -0.1) is 0 Å². The zero-order valence-electron chi connectivity index (χ0n) is 7.53. The lowest BCUT2D eigenvalue weighted by Crippen LogP contribution is -2.34. The van der Waals surface area contributed by atoms with Gasteiger partial charge in [-0.1, -0.05) is 0 Å². The van der Waals surface area contributed by atoms with Gasteiger partial charge in [0.15, 0.2) is 0 Å². The van der Waals surface area contributed by atoms with E-state index in [1.165, 1.54) is 0 Å². The molecule has 0 radical (unpaired) electrons. The van der Waals surface area contributed by atoms with Gasteiger partial charge in [-0.3, -0.25) is 0 Å². The largest absolute Gasteiger partial charge is 0.401 e. The molecule has 78 valence electrons. The number of rotatable bonds is 3. The highest BCUT2D eigenvalue weighted by molar-refractivity contribution is 4.72. The van der Waals surface area contributed by atoms with Crippen molar-refractivity contribution in [1.29, 1.82) is 0 Å². The Kier molecular flexibility index (Phi) is 3.55. The van der Waals surface area contributed by atoms with E-state index in [-0.39, 0.29) is 12.2 Å². The Morgan fingerprint density at radius 1 is 1.38 bits per heavy atom. The second-order valence-corrected chi connectivity index (χ2v) is 3.39. The van der Waals surface area contributed by atoms with Crippen molar-refractivity contribution >= 4 is 0 Å². The van der Waals surface area contributed by atoms with Gasteiger partial charge in [0, 0.05) is 6.54 Å². The molecule has 0 aromatic carbocycles. The van der Waals surface area contributed by atoms with E-state index in [1.807, 2.05) is 6.92 Å².